The molecule has 32 heavy (non-hydrogen) atoms. The van der Waals surface area contributed by atoms with Crippen LogP contribution in [0.4, 0.5) is 11.4 Å². The van der Waals surface area contributed by atoms with Crippen molar-refractivity contribution < 1.29 is 9.90 Å². The van der Waals surface area contributed by atoms with E-state index < -0.39 is 0 Å². The number of phenolic OH excluding ortho intramolecular Hbond substituents is 1. The molecule has 8 heteroatoms. The smallest absolute Gasteiger partial charge is 0.227 e. The van der Waals surface area contributed by atoms with E-state index in [0.29, 0.717) is 18.7 Å². The van der Waals surface area contributed by atoms with Crippen molar-refractivity contribution in [3.63, 3.8) is 0 Å². The van der Waals surface area contributed by atoms with Crippen LogP contribution in [0.3, 0.4) is 0 Å². The summed E-state index contributed by atoms with van der Waals surface area (Å²) in [5.74, 6) is 1.46. The van der Waals surface area contributed by atoms with Crippen LogP contribution in [0.15, 0.2) is 53.5 Å². The first-order valence-electron chi connectivity index (χ1n) is 11.1. The molecular weight excluding hydrogens is 517 g/mol. The van der Waals surface area contributed by atoms with Gasteiger partial charge in [0, 0.05) is 51.4 Å². The lowest BCUT2D eigenvalue weighted by molar-refractivity contribution is -0.117. The van der Waals surface area contributed by atoms with Gasteiger partial charge in [-0.05, 0) is 43.2 Å². The molecular formula is C24H32IN5O2. The Labute approximate surface area is 207 Å². The summed E-state index contributed by atoms with van der Waals surface area (Å²) in [4.78, 5) is 23.1. The number of carbonyl (C=O) groups excluding carboxylic acids is 1. The van der Waals surface area contributed by atoms with E-state index in [-0.39, 0.29) is 29.9 Å². The number of guanidine groups is 1. The standard InChI is InChI=1S/C24H31N5O2.HI/c1-2-25-24(28-16-14-27(15-17-28)21-6-3-4-7-22(21)30)26-18-19-9-11-20(12-10-19)29-13-5-8-23(29)31;/h3-4,6-7,9-12,30H,2,5,8,13-18H2,1H3,(H,25,26);1H. The average molecular weight is 549 g/mol. The Morgan fingerprint density at radius 2 is 1.75 bits per heavy atom. The number of nitrogens with one attached hydrogen (secondary N) is 1. The summed E-state index contributed by atoms with van der Waals surface area (Å²) in [5, 5.41) is 13.5. The van der Waals surface area contributed by atoms with Crippen LogP contribution in [0, 0.1) is 0 Å². The third kappa shape index (κ3) is 5.65. The second-order valence-electron chi connectivity index (χ2n) is 7.95. The summed E-state index contributed by atoms with van der Waals surface area (Å²) >= 11 is 0. The van der Waals surface area contributed by atoms with E-state index in [0.717, 1.165) is 68.6 Å². The van der Waals surface area contributed by atoms with Gasteiger partial charge in [-0.15, -0.1) is 24.0 Å². The van der Waals surface area contributed by atoms with E-state index in [9.17, 15) is 9.90 Å². The highest BCUT2D eigenvalue weighted by Crippen LogP contribution is 2.27. The van der Waals surface area contributed by atoms with Crippen molar-refractivity contribution in [2.75, 3.05) is 49.1 Å². The minimum Gasteiger partial charge on any atom is -0.506 e. The van der Waals surface area contributed by atoms with Crippen molar-refractivity contribution >= 4 is 47.2 Å². The maximum atomic E-state index is 11.9. The molecule has 0 spiro atoms. The minimum absolute atomic E-state index is 0. The number of anilines is 2. The zero-order chi connectivity index (χ0) is 21.6. The largest absolute Gasteiger partial charge is 0.506 e. The molecule has 0 saturated carbocycles. The molecule has 2 fully saturated rings. The third-order valence-electron chi connectivity index (χ3n) is 5.87. The molecule has 172 valence electrons. The van der Waals surface area contributed by atoms with Crippen LogP contribution >= 0.6 is 24.0 Å². The molecule has 2 N–H and O–H groups in total. The van der Waals surface area contributed by atoms with Crippen molar-refractivity contribution in [1.82, 2.24) is 10.2 Å². The number of aromatic hydroxyl groups is 1. The van der Waals surface area contributed by atoms with E-state index in [4.69, 9.17) is 4.99 Å². The summed E-state index contributed by atoms with van der Waals surface area (Å²) in [6, 6.07) is 15.7. The third-order valence-corrected chi connectivity index (χ3v) is 5.87. The minimum atomic E-state index is 0. The van der Waals surface area contributed by atoms with E-state index in [2.05, 4.69) is 34.2 Å². The van der Waals surface area contributed by atoms with E-state index in [1.54, 1.807) is 6.07 Å². The van der Waals surface area contributed by atoms with Crippen LogP contribution in [-0.4, -0.2) is 61.1 Å². The molecule has 1 amide bonds. The summed E-state index contributed by atoms with van der Waals surface area (Å²) in [6.07, 6.45) is 1.59. The van der Waals surface area contributed by atoms with Crippen molar-refractivity contribution in [2.45, 2.75) is 26.3 Å². The number of para-hydroxylation sites is 2. The molecule has 2 aliphatic heterocycles. The Hall–Kier alpha value is -2.49. The number of hydrogen-bond acceptors (Lipinski definition) is 4. The number of benzene rings is 2. The Bertz CT molecular complexity index is 926. The van der Waals surface area contributed by atoms with Crippen LogP contribution < -0.4 is 15.1 Å². The molecule has 4 rings (SSSR count). The molecule has 0 bridgehead atoms. The Morgan fingerprint density at radius 3 is 2.38 bits per heavy atom. The van der Waals surface area contributed by atoms with Crippen molar-refractivity contribution in [2.24, 2.45) is 4.99 Å². The number of piperazine rings is 1. The van der Waals surface area contributed by atoms with Gasteiger partial charge in [-0.25, -0.2) is 4.99 Å². The SMILES string of the molecule is CCNC(=NCc1ccc(N2CCCC2=O)cc1)N1CCN(c2ccccc2O)CC1.I. The van der Waals surface area contributed by atoms with E-state index in [1.807, 2.05) is 35.2 Å². The van der Waals surface area contributed by atoms with Gasteiger partial charge in [-0.1, -0.05) is 24.3 Å². The highest BCUT2D eigenvalue weighted by molar-refractivity contribution is 14.0. The number of aliphatic imine (C=N–C) groups is 1. The molecule has 2 aliphatic rings. The van der Waals surface area contributed by atoms with Gasteiger partial charge in [0.15, 0.2) is 5.96 Å². The number of rotatable bonds is 5. The summed E-state index contributed by atoms with van der Waals surface area (Å²) in [7, 11) is 0. The molecule has 2 heterocycles. The van der Waals surface area contributed by atoms with Gasteiger partial charge < -0.3 is 25.1 Å². The topological polar surface area (TPSA) is 71.4 Å². The van der Waals surface area contributed by atoms with Crippen LogP contribution in [0.2, 0.25) is 0 Å². The van der Waals surface area contributed by atoms with E-state index >= 15 is 0 Å². The van der Waals surface area contributed by atoms with Gasteiger partial charge >= 0.3 is 0 Å². The van der Waals surface area contributed by atoms with Crippen LogP contribution in [0.25, 0.3) is 0 Å². The molecule has 2 saturated heterocycles. The zero-order valence-corrected chi connectivity index (χ0v) is 20.9. The lowest BCUT2D eigenvalue weighted by Gasteiger charge is -2.37. The fourth-order valence-corrected chi connectivity index (χ4v) is 4.19. The van der Waals surface area contributed by atoms with E-state index in [1.165, 1.54) is 0 Å². The van der Waals surface area contributed by atoms with Crippen LogP contribution in [-0.2, 0) is 11.3 Å². The summed E-state index contributed by atoms with van der Waals surface area (Å²) < 4.78 is 0. The predicted molar refractivity (Wildman–Crippen MR) is 140 cm³/mol. The number of carbonyl (C=O) groups is 1. The average Bonchev–Trinajstić information content (AvgIpc) is 3.23. The second kappa shape index (κ2) is 11.4. The quantitative estimate of drug-likeness (QED) is 0.340. The Morgan fingerprint density at radius 1 is 1.03 bits per heavy atom. The van der Waals surface area contributed by atoms with Gasteiger partial charge in [-0.3, -0.25) is 4.79 Å². The molecule has 7 nitrogen and oxygen atoms in total. The first kappa shape index (κ1) is 24.2. The highest BCUT2D eigenvalue weighted by Gasteiger charge is 2.22. The number of phenols is 1. The fraction of sp³-hybridized carbons (Fsp3) is 0.417. The van der Waals surface area contributed by atoms with Crippen molar-refractivity contribution in [3.05, 3.63) is 54.1 Å². The normalized spacial score (nSPS) is 16.8. The van der Waals surface area contributed by atoms with Crippen LogP contribution in [0.5, 0.6) is 5.75 Å². The first-order chi connectivity index (χ1) is 15.2. The number of nitrogens with zero attached hydrogens (tertiary/aromatic N) is 4. The predicted octanol–water partition coefficient (Wildman–Crippen LogP) is 3.42. The molecule has 0 unspecified atom stereocenters. The maximum absolute atomic E-state index is 11.9. The van der Waals surface area contributed by atoms with Gasteiger partial charge in [0.2, 0.25) is 5.91 Å². The fourth-order valence-electron chi connectivity index (χ4n) is 4.19. The monoisotopic (exact) mass is 549 g/mol. The lowest BCUT2D eigenvalue weighted by Crippen LogP contribution is -2.52. The van der Waals surface area contributed by atoms with Crippen molar-refractivity contribution in [3.8, 4) is 5.75 Å². The molecule has 0 atom stereocenters. The molecule has 0 aromatic heterocycles. The molecule has 2 aromatic rings. The van der Waals surface area contributed by atoms with Gasteiger partial charge in [0.1, 0.15) is 5.75 Å². The van der Waals surface area contributed by atoms with Gasteiger partial charge in [-0.2, -0.15) is 0 Å². The maximum Gasteiger partial charge on any atom is 0.227 e. The summed E-state index contributed by atoms with van der Waals surface area (Å²) in [5.41, 5.74) is 2.99. The van der Waals surface area contributed by atoms with Crippen molar-refractivity contribution in [1.29, 1.82) is 0 Å². The first-order valence-corrected chi connectivity index (χ1v) is 11.1. The van der Waals surface area contributed by atoms with Crippen LogP contribution in [0.1, 0.15) is 25.3 Å². The highest BCUT2D eigenvalue weighted by atomic mass is 127. The number of amides is 1. The molecule has 0 radical (unpaired) electrons. The van der Waals surface area contributed by atoms with Gasteiger partial charge in [0.25, 0.3) is 0 Å². The number of halogens is 1. The lowest BCUT2D eigenvalue weighted by atomic mass is 10.2. The summed E-state index contributed by atoms with van der Waals surface area (Å²) in [6.45, 7) is 7.65. The number of hydrogen-bond donors (Lipinski definition) is 2. The Balaban J connectivity index is 0.00000289. The second-order valence-corrected chi connectivity index (χ2v) is 7.95. The molecule has 2 aromatic carbocycles. The zero-order valence-electron chi connectivity index (χ0n) is 18.5. The molecule has 0 aliphatic carbocycles. The Kier molecular flexibility index (Phi) is 8.60. The van der Waals surface area contributed by atoms with Gasteiger partial charge in [0.05, 0.1) is 12.2 Å².